The molecule has 1 fully saturated rings. The Kier molecular flexibility index (Phi) is 5.84. The minimum absolute atomic E-state index is 0.314. The Labute approximate surface area is 120 Å². The van der Waals surface area contributed by atoms with Gasteiger partial charge in [0.05, 0.1) is 0 Å². The van der Waals surface area contributed by atoms with Crippen LogP contribution in [-0.4, -0.2) is 62.2 Å². The number of piperazine rings is 1. The van der Waals surface area contributed by atoms with E-state index in [2.05, 4.69) is 63.7 Å². The molecule has 0 unspecified atom stereocenters. The summed E-state index contributed by atoms with van der Waals surface area (Å²) in [5.74, 6) is 0. The van der Waals surface area contributed by atoms with Gasteiger partial charge in [0.25, 0.3) is 0 Å². The minimum Gasteiger partial charge on any atom is -0.312 e. The molecule has 0 aromatic carbocycles. The van der Waals surface area contributed by atoms with E-state index < -0.39 is 0 Å². The number of rotatable bonds is 4. The first-order chi connectivity index (χ1) is 8.58. The van der Waals surface area contributed by atoms with E-state index >= 15 is 0 Å². The summed E-state index contributed by atoms with van der Waals surface area (Å²) in [6.45, 7) is 21.0. The van der Waals surface area contributed by atoms with Crippen molar-refractivity contribution in [3.05, 3.63) is 0 Å². The van der Waals surface area contributed by atoms with Gasteiger partial charge in [-0.25, -0.2) is 0 Å². The van der Waals surface area contributed by atoms with Gasteiger partial charge in [0.1, 0.15) is 0 Å². The summed E-state index contributed by atoms with van der Waals surface area (Å²) in [5.41, 5.74) is 0.667. The van der Waals surface area contributed by atoms with Crippen LogP contribution in [0.5, 0.6) is 0 Å². The molecule has 0 aromatic rings. The Balaban J connectivity index is 2.50. The van der Waals surface area contributed by atoms with Crippen LogP contribution in [-0.2, 0) is 0 Å². The number of likely N-dealkylation sites (N-methyl/N-ethyl adjacent to an activating group) is 1. The Morgan fingerprint density at radius 1 is 0.947 bits per heavy atom. The van der Waals surface area contributed by atoms with Crippen molar-refractivity contribution in [1.29, 1.82) is 0 Å². The van der Waals surface area contributed by atoms with Crippen LogP contribution in [0.1, 0.15) is 41.5 Å². The zero-order valence-corrected chi connectivity index (χ0v) is 14.2. The first-order valence-corrected chi connectivity index (χ1v) is 7.72. The highest BCUT2D eigenvalue weighted by molar-refractivity contribution is 4.86. The second kappa shape index (κ2) is 6.55. The lowest BCUT2D eigenvalue weighted by molar-refractivity contribution is 0.112. The van der Waals surface area contributed by atoms with Gasteiger partial charge in [0.2, 0.25) is 0 Å². The van der Waals surface area contributed by atoms with Gasteiger partial charge in [-0.2, -0.15) is 0 Å². The van der Waals surface area contributed by atoms with Crippen LogP contribution in [0.25, 0.3) is 0 Å². The molecule has 0 saturated carbocycles. The molecule has 1 aliphatic rings. The average Bonchev–Trinajstić information content (AvgIpc) is 2.23. The fraction of sp³-hybridized carbons (Fsp3) is 1.00. The quantitative estimate of drug-likeness (QED) is 0.845. The van der Waals surface area contributed by atoms with E-state index in [1.807, 2.05) is 0 Å². The van der Waals surface area contributed by atoms with Crippen molar-refractivity contribution in [1.82, 2.24) is 15.1 Å². The van der Waals surface area contributed by atoms with E-state index in [1.54, 1.807) is 0 Å². The van der Waals surface area contributed by atoms with Crippen LogP contribution < -0.4 is 5.32 Å². The Hall–Kier alpha value is -0.120. The van der Waals surface area contributed by atoms with Crippen molar-refractivity contribution in [3.8, 4) is 0 Å². The predicted octanol–water partition coefficient (Wildman–Crippen LogP) is 2.28. The Morgan fingerprint density at radius 2 is 1.47 bits per heavy atom. The Bertz CT molecular complexity index is 254. The zero-order chi connectivity index (χ0) is 14.7. The summed E-state index contributed by atoms with van der Waals surface area (Å²) >= 11 is 0. The Morgan fingerprint density at radius 3 is 1.89 bits per heavy atom. The monoisotopic (exact) mass is 269 g/mol. The lowest BCUT2D eigenvalue weighted by Gasteiger charge is -2.40. The summed E-state index contributed by atoms with van der Waals surface area (Å²) in [7, 11) is 2.22. The van der Waals surface area contributed by atoms with Crippen molar-refractivity contribution < 1.29 is 0 Å². The number of nitrogens with zero attached hydrogens (tertiary/aromatic N) is 2. The maximum atomic E-state index is 3.80. The lowest BCUT2D eigenvalue weighted by Crippen LogP contribution is -2.54. The maximum absolute atomic E-state index is 3.80. The molecule has 1 atom stereocenters. The molecule has 1 N–H and O–H groups in total. The van der Waals surface area contributed by atoms with Gasteiger partial charge < -0.3 is 10.2 Å². The average molecular weight is 269 g/mol. The van der Waals surface area contributed by atoms with Crippen LogP contribution >= 0.6 is 0 Å². The SMILES string of the molecule is CN1CCN(C[C@H](NCC(C)(C)C)C(C)(C)C)CC1. The van der Waals surface area contributed by atoms with E-state index in [0.717, 1.165) is 6.54 Å². The van der Waals surface area contributed by atoms with Crippen LogP contribution in [0, 0.1) is 10.8 Å². The molecule has 19 heavy (non-hydrogen) atoms. The van der Waals surface area contributed by atoms with Crippen LogP contribution in [0.3, 0.4) is 0 Å². The first kappa shape index (κ1) is 16.9. The normalized spacial score (nSPS) is 21.6. The molecule has 0 bridgehead atoms. The summed E-state index contributed by atoms with van der Waals surface area (Å²) in [5, 5.41) is 3.80. The molecule has 0 aliphatic carbocycles. The van der Waals surface area contributed by atoms with Crippen LogP contribution in [0.15, 0.2) is 0 Å². The second-order valence-corrected chi connectivity index (χ2v) is 8.46. The van der Waals surface area contributed by atoms with Crippen LogP contribution in [0.4, 0.5) is 0 Å². The van der Waals surface area contributed by atoms with Gasteiger partial charge in [-0.1, -0.05) is 41.5 Å². The zero-order valence-electron chi connectivity index (χ0n) is 14.2. The van der Waals surface area contributed by atoms with Crippen LogP contribution in [0.2, 0.25) is 0 Å². The van der Waals surface area contributed by atoms with E-state index in [9.17, 15) is 0 Å². The van der Waals surface area contributed by atoms with Crippen molar-refractivity contribution in [2.75, 3.05) is 46.3 Å². The molecule has 3 heteroatoms. The third kappa shape index (κ3) is 6.73. The second-order valence-electron chi connectivity index (χ2n) is 8.46. The highest BCUT2D eigenvalue weighted by Gasteiger charge is 2.28. The number of hydrogen-bond donors (Lipinski definition) is 1. The van der Waals surface area contributed by atoms with Crippen molar-refractivity contribution >= 4 is 0 Å². The molecule has 1 heterocycles. The molecular weight excluding hydrogens is 234 g/mol. The number of hydrogen-bond acceptors (Lipinski definition) is 3. The summed E-state index contributed by atoms with van der Waals surface area (Å²) in [4.78, 5) is 5.04. The van der Waals surface area contributed by atoms with Gasteiger partial charge in [-0.05, 0) is 17.9 Å². The highest BCUT2D eigenvalue weighted by Crippen LogP contribution is 2.22. The molecule has 0 radical (unpaired) electrons. The molecule has 1 aliphatic heterocycles. The fourth-order valence-corrected chi connectivity index (χ4v) is 2.36. The fourth-order valence-electron chi connectivity index (χ4n) is 2.36. The van der Waals surface area contributed by atoms with Crippen molar-refractivity contribution in [2.45, 2.75) is 47.6 Å². The van der Waals surface area contributed by atoms with Gasteiger partial charge in [0, 0.05) is 45.3 Å². The molecule has 114 valence electrons. The van der Waals surface area contributed by atoms with Gasteiger partial charge >= 0.3 is 0 Å². The smallest absolute Gasteiger partial charge is 0.0243 e. The molecule has 0 amide bonds. The third-order valence-corrected chi connectivity index (χ3v) is 3.96. The van der Waals surface area contributed by atoms with Gasteiger partial charge in [0.15, 0.2) is 0 Å². The largest absolute Gasteiger partial charge is 0.312 e. The van der Waals surface area contributed by atoms with E-state index in [-0.39, 0.29) is 0 Å². The third-order valence-electron chi connectivity index (χ3n) is 3.96. The van der Waals surface area contributed by atoms with E-state index in [1.165, 1.54) is 32.7 Å². The topological polar surface area (TPSA) is 18.5 Å². The van der Waals surface area contributed by atoms with Gasteiger partial charge in [-0.15, -0.1) is 0 Å². The standard InChI is InChI=1S/C16H35N3/c1-15(2,3)13-17-14(16(4,5)6)12-19-10-8-18(7)9-11-19/h14,17H,8-13H2,1-7H3/t14-/m0/s1. The molecule has 1 saturated heterocycles. The van der Waals surface area contributed by atoms with E-state index in [0.29, 0.717) is 16.9 Å². The highest BCUT2D eigenvalue weighted by atomic mass is 15.3. The summed E-state index contributed by atoms with van der Waals surface area (Å²) in [6.07, 6.45) is 0. The molecule has 3 nitrogen and oxygen atoms in total. The predicted molar refractivity (Wildman–Crippen MR) is 84.6 cm³/mol. The number of nitrogens with one attached hydrogen (secondary N) is 1. The molecule has 0 aromatic heterocycles. The lowest BCUT2D eigenvalue weighted by atomic mass is 9.85. The minimum atomic E-state index is 0.314. The maximum Gasteiger partial charge on any atom is 0.0243 e. The summed E-state index contributed by atoms with van der Waals surface area (Å²) in [6, 6.07) is 0.565. The van der Waals surface area contributed by atoms with Crippen molar-refractivity contribution in [3.63, 3.8) is 0 Å². The first-order valence-electron chi connectivity index (χ1n) is 7.72. The molecular formula is C16H35N3. The van der Waals surface area contributed by atoms with Crippen molar-refractivity contribution in [2.24, 2.45) is 10.8 Å². The van der Waals surface area contributed by atoms with Gasteiger partial charge in [-0.3, -0.25) is 4.90 Å². The van der Waals surface area contributed by atoms with E-state index in [4.69, 9.17) is 0 Å². The molecule has 1 rings (SSSR count). The molecule has 0 spiro atoms. The summed E-state index contributed by atoms with van der Waals surface area (Å²) < 4.78 is 0.